The van der Waals surface area contributed by atoms with E-state index in [2.05, 4.69) is 0 Å². The SMILES string of the molecule is COc1ccc2c(c1)C(=O)C(=O)C(c1ccc(F)cc1)O2. The molecule has 0 radical (unpaired) electrons. The van der Waals surface area contributed by atoms with Crippen molar-refractivity contribution in [1.82, 2.24) is 0 Å². The second-order valence-electron chi connectivity index (χ2n) is 4.60. The van der Waals surface area contributed by atoms with E-state index >= 15 is 0 Å². The summed E-state index contributed by atoms with van der Waals surface area (Å²) >= 11 is 0. The number of carbonyl (C=O) groups is 2. The van der Waals surface area contributed by atoms with Crippen molar-refractivity contribution < 1.29 is 23.5 Å². The zero-order valence-corrected chi connectivity index (χ0v) is 11.1. The number of Topliss-reactive ketones (excluding diaryl/α,β-unsaturated/α-hetero) is 2. The molecule has 1 aliphatic heterocycles. The molecule has 2 aromatic rings. The Morgan fingerprint density at radius 3 is 2.48 bits per heavy atom. The van der Waals surface area contributed by atoms with Crippen LogP contribution in [0.2, 0.25) is 0 Å². The van der Waals surface area contributed by atoms with Crippen LogP contribution in [0.5, 0.6) is 11.5 Å². The maximum absolute atomic E-state index is 12.9. The van der Waals surface area contributed by atoms with Crippen LogP contribution in [0.3, 0.4) is 0 Å². The van der Waals surface area contributed by atoms with Gasteiger partial charge in [-0.25, -0.2) is 4.39 Å². The van der Waals surface area contributed by atoms with Crippen LogP contribution in [-0.4, -0.2) is 18.7 Å². The number of carbonyl (C=O) groups excluding carboxylic acids is 2. The molecule has 3 rings (SSSR count). The Morgan fingerprint density at radius 2 is 1.81 bits per heavy atom. The first-order valence-electron chi connectivity index (χ1n) is 6.29. The molecule has 1 aliphatic rings. The summed E-state index contributed by atoms with van der Waals surface area (Å²) in [5, 5.41) is 0. The quantitative estimate of drug-likeness (QED) is 0.796. The first-order chi connectivity index (χ1) is 10.1. The minimum atomic E-state index is -1.04. The van der Waals surface area contributed by atoms with Crippen molar-refractivity contribution in [3.8, 4) is 11.5 Å². The lowest BCUT2D eigenvalue weighted by molar-refractivity contribution is -0.122. The second-order valence-corrected chi connectivity index (χ2v) is 4.60. The Bertz CT molecular complexity index is 722. The summed E-state index contributed by atoms with van der Waals surface area (Å²) in [5.74, 6) is -0.946. The Labute approximate surface area is 120 Å². The normalized spacial score (nSPS) is 17.1. The summed E-state index contributed by atoms with van der Waals surface area (Å²) in [6.07, 6.45) is -1.04. The van der Waals surface area contributed by atoms with Gasteiger partial charge in [-0.15, -0.1) is 0 Å². The number of hydrogen-bond acceptors (Lipinski definition) is 4. The number of ether oxygens (including phenoxy) is 2. The van der Waals surface area contributed by atoms with E-state index in [1.807, 2.05) is 0 Å². The molecule has 0 aromatic heterocycles. The van der Waals surface area contributed by atoms with E-state index < -0.39 is 23.5 Å². The van der Waals surface area contributed by atoms with Crippen molar-refractivity contribution in [2.45, 2.75) is 6.10 Å². The minimum absolute atomic E-state index is 0.178. The van der Waals surface area contributed by atoms with E-state index in [0.29, 0.717) is 17.1 Å². The van der Waals surface area contributed by atoms with Gasteiger partial charge in [0.25, 0.3) is 0 Å². The molecule has 2 aromatic carbocycles. The molecule has 0 aliphatic carbocycles. The van der Waals surface area contributed by atoms with Gasteiger partial charge in [-0.05, 0) is 30.3 Å². The Morgan fingerprint density at radius 1 is 1.10 bits per heavy atom. The molecule has 0 saturated heterocycles. The summed E-state index contributed by atoms with van der Waals surface area (Å²) in [7, 11) is 1.47. The lowest BCUT2D eigenvalue weighted by Crippen LogP contribution is -2.31. The molecule has 0 saturated carbocycles. The van der Waals surface area contributed by atoms with Crippen LogP contribution < -0.4 is 9.47 Å². The van der Waals surface area contributed by atoms with Crippen molar-refractivity contribution in [2.75, 3.05) is 7.11 Å². The second kappa shape index (κ2) is 5.01. The van der Waals surface area contributed by atoms with E-state index in [-0.39, 0.29) is 5.56 Å². The van der Waals surface area contributed by atoms with Gasteiger partial charge in [0.05, 0.1) is 12.7 Å². The van der Waals surface area contributed by atoms with Crippen molar-refractivity contribution >= 4 is 11.6 Å². The van der Waals surface area contributed by atoms with E-state index in [1.54, 1.807) is 12.1 Å². The number of fused-ring (bicyclic) bond motifs is 1. The van der Waals surface area contributed by atoms with Crippen LogP contribution >= 0.6 is 0 Å². The van der Waals surface area contributed by atoms with Gasteiger partial charge < -0.3 is 9.47 Å². The number of benzene rings is 2. The first-order valence-corrected chi connectivity index (χ1v) is 6.29. The minimum Gasteiger partial charge on any atom is -0.497 e. The van der Waals surface area contributed by atoms with Gasteiger partial charge in [0.15, 0.2) is 6.10 Å². The van der Waals surface area contributed by atoms with Crippen molar-refractivity contribution in [3.63, 3.8) is 0 Å². The highest BCUT2D eigenvalue weighted by molar-refractivity contribution is 6.46. The highest BCUT2D eigenvalue weighted by Gasteiger charge is 2.36. The lowest BCUT2D eigenvalue weighted by atomic mass is 9.95. The Balaban J connectivity index is 2.02. The molecule has 5 heteroatoms. The van der Waals surface area contributed by atoms with E-state index in [9.17, 15) is 14.0 Å². The van der Waals surface area contributed by atoms with Crippen molar-refractivity contribution in [1.29, 1.82) is 0 Å². The Kier molecular flexibility index (Phi) is 3.17. The predicted molar refractivity (Wildman–Crippen MR) is 72.1 cm³/mol. The lowest BCUT2D eigenvalue weighted by Gasteiger charge is -2.24. The van der Waals surface area contributed by atoms with E-state index in [4.69, 9.17) is 9.47 Å². The van der Waals surface area contributed by atoms with Gasteiger partial charge in [-0.2, -0.15) is 0 Å². The molecule has 1 atom stereocenters. The van der Waals surface area contributed by atoms with Crippen LogP contribution in [0.1, 0.15) is 22.0 Å². The molecule has 0 N–H and O–H groups in total. The third-order valence-electron chi connectivity index (χ3n) is 3.31. The highest BCUT2D eigenvalue weighted by Crippen LogP contribution is 2.34. The average Bonchev–Trinajstić information content (AvgIpc) is 2.51. The van der Waals surface area contributed by atoms with E-state index in [0.717, 1.165) is 0 Å². The molecular formula is C16H11FO4. The summed E-state index contributed by atoms with van der Waals surface area (Å²) in [5.41, 5.74) is 0.619. The van der Waals surface area contributed by atoms with Gasteiger partial charge >= 0.3 is 0 Å². The van der Waals surface area contributed by atoms with Gasteiger partial charge in [0, 0.05) is 5.56 Å². The zero-order chi connectivity index (χ0) is 15.0. The third kappa shape index (κ3) is 2.27. The number of hydrogen-bond donors (Lipinski definition) is 0. The monoisotopic (exact) mass is 286 g/mol. The largest absolute Gasteiger partial charge is 0.497 e. The summed E-state index contributed by atoms with van der Waals surface area (Å²) < 4.78 is 23.6. The molecular weight excluding hydrogens is 275 g/mol. The number of halogens is 1. The van der Waals surface area contributed by atoms with Gasteiger partial charge in [0.1, 0.15) is 17.3 Å². The van der Waals surface area contributed by atoms with Crippen LogP contribution in [0, 0.1) is 5.82 Å². The van der Waals surface area contributed by atoms with Crippen LogP contribution in [-0.2, 0) is 4.79 Å². The first kappa shape index (κ1) is 13.3. The van der Waals surface area contributed by atoms with Gasteiger partial charge in [-0.3, -0.25) is 9.59 Å². The summed E-state index contributed by atoms with van der Waals surface area (Å²) in [6.45, 7) is 0. The van der Waals surface area contributed by atoms with Crippen LogP contribution in [0.25, 0.3) is 0 Å². The maximum Gasteiger partial charge on any atom is 0.248 e. The third-order valence-corrected chi connectivity index (χ3v) is 3.31. The number of rotatable bonds is 2. The van der Waals surface area contributed by atoms with Crippen LogP contribution in [0.4, 0.5) is 4.39 Å². The average molecular weight is 286 g/mol. The summed E-state index contributed by atoms with van der Waals surface area (Å²) in [4.78, 5) is 24.3. The Hall–Kier alpha value is -2.69. The predicted octanol–water partition coefficient (Wildman–Crippen LogP) is 2.72. The fourth-order valence-corrected chi connectivity index (χ4v) is 2.21. The molecule has 0 amide bonds. The standard InChI is InChI=1S/C16H11FO4/c1-20-11-6-7-13-12(8-11)14(18)15(19)16(21-13)9-2-4-10(17)5-3-9/h2-8,16H,1H3. The molecule has 21 heavy (non-hydrogen) atoms. The fourth-order valence-electron chi connectivity index (χ4n) is 2.21. The molecule has 0 fully saturated rings. The van der Waals surface area contributed by atoms with Crippen molar-refractivity contribution in [2.24, 2.45) is 0 Å². The zero-order valence-electron chi connectivity index (χ0n) is 11.1. The van der Waals surface area contributed by atoms with Gasteiger partial charge in [0.2, 0.25) is 11.6 Å². The molecule has 106 valence electrons. The molecule has 0 bridgehead atoms. The molecule has 0 spiro atoms. The smallest absolute Gasteiger partial charge is 0.248 e. The van der Waals surface area contributed by atoms with E-state index in [1.165, 1.54) is 37.4 Å². The maximum atomic E-state index is 12.9. The highest BCUT2D eigenvalue weighted by atomic mass is 19.1. The summed E-state index contributed by atoms with van der Waals surface area (Å²) in [6, 6.07) is 9.99. The topological polar surface area (TPSA) is 52.6 Å². The van der Waals surface area contributed by atoms with Gasteiger partial charge in [-0.1, -0.05) is 12.1 Å². The molecule has 4 nitrogen and oxygen atoms in total. The number of methoxy groups -OCH3 is 1. The number of ketones is 2. The van der Waals surface area contributed by atoms with Crippen molar-refractivity contribution in [3.05, 3.63) is 59.4 Å². The van der Waals surface area contributed by atoms with Crippen LogP contribution in [0.15, 0.2) is 42.5 Å². The fraction of sp³-hybridized carbons (Fsp3) is 0.125. The molecule has 1 heterocycles. The molecule has 1 unspecified atom stereocenters.